The van der Waals surface area contributed by atoms with E-state index in [1.807, 2.05) is 12.1 Å². The van der Waals surface area contributed by atoms with Crippen molar-refractivity contribution in [2.24, 2.45) is 4.99 Å². The molecule has 0 aliphatic heterocycles. The minimum absolute atomic E-state index is 0.502. The number of hydrogen-bond donors (Lipinski definition) is 0. The van der Waals surface area contributed by atoms with E-state index in [-0.39, 0.29) is 0 Å². The van der Waals surface area contributed by atoms with E-state index in [0.29, 0.717) is 10.2 Å². The number of halogens is 2. The SMILES string of the molecule is CN=C(Cl)c1ccc(Cl)cc1. The summed E-state index contributed by atoms with van der Waals surface area (Å²) >= 11 is 11.4. The van der Waals surface area contributed by atoms with E-state index >= 15 is 0 Å². The topological polar surface area (TPSA) is 12.4 Å². The number of hydrogen-bond acceptors (Lipinski definition) is 1. The van der Waals surface area contributed by atoms with Crippen LogP contribution in [0.2, 0.25) is 5.02 Å². The molecule has 0 unspecified atom stereocenters. The molecule has 0 aliphatic carbocycles. The summed E-state index contributed by atoms with van der Waals surface area (Å²) in [6.45, 7) is 0. The van der Waals surface area contributed by atoms with Gasteiger partial charge >= 0.3 is 0 Å². The molecule has 1 nitrogen and oxygen atoms in total. The molecule has 58 valence electrons. The summed E-state index contributed by atoms with van der Waals surface area (Å²) in [5.41, 5.74) is 0.888. The minimum atomic E-state index is 0.502. The summed E-state index contributed by atoms with van der Waals surface area (Å²) in [5, 5.41) is 1.20. The highest BCUT2D eigenvalue weighted by Gasteiger charge is 1.96. The zero-order valence-corrected chi connectivity index (χ0v) is 7.52. The zero-order chi connectivity index (χ0) is 8.27. The second-order valence-corrected chi connectivity index (χ2v) is 2.82. The first-order valence-electron chi connectivity index (χ1n) is 3.12. The van der Waals surface area contributed by atoms with Crippen molar-refractivity contribution in [3.05, 3.63) is 34.9 Å². The third kappa shape index (κ3) is 2.21. The fourth-order valence-electron chi connectivity index (χ4n) is 0.717. The van der Waals surface area contributed by atoms with Crippen molar-refractivity contribution in [2.45, 2.75) is 0 Å². The maximum absolute atomic E-state index is 5.75. The maximum atomic E-state index is 5.75. The zero-order valence-electron chi connectivity index (χ0n) is 6.01. The molecular weight excluding hydrogens is 181 g/mol. The molecule has 0 saturated heterocycles. The smallest absolute Gasteiger partial charge is 0.130 e. The molecule has 3 heteroatoms. The molecule has 0 radical (unpaired) electrons. The summed E-state index contributed by atoms with van der Waals surface area (Å²) < 4.78 is 0. The Morgan fingerprint density at radius 2 is 1.82 bits per heavy atom. The summed E-state index contributed by atoms with van der Waals surface area (Å²) in [6.07, 6.45) is 0. The monoisotopic (exact) mass is 187 g/mol. The van der Waals surface area contributed by atoms with Crippen molar-refractivity contribution < 1.29 is 0 Å². The summed E-state index contributed by atoms with van der Waals surface area (Å²) in [4.78, 5) is 3.83. The standard InChI is InChI=1S/C8H7Cl2N/c1-11-8(10)6-2-4-7(9)5-3-6/h2-5H,1H3. The molecule has 0 fully saturated rings. The van der Waals surface area contributed by atoms with Gasteiger partial charge in [0.1, 0.15) is 5.17 Å². The van der Waals surface area contributed by atoms with Crippen LogP contribution >= 0.6 is 23.2 Å². The number of nitrogens with zero attached hydrogens (tertiary/aromatic N) is 1. The van der Waals surface area contributed by atoms with Crippen molar-refractivity contribution in [1.82, 2.24) is 0 Å². The predicted octanol–water partition coefficient (Wildman–Crippen LogP) is 2.96. The Morgan fingerprint density at radius 1 is 1.27 bits per heavy atom. The van der Waals surface area contributed by atoms with Crippen LogP contribution in [0, 0.1) is 0 Å². The van der Waals surface area contributed by atoms with Crippen LogP contribution in [0.1, 0.15) is 5.56 Å². The van der Waals surface area contributed by atoms with Gasteiger partial charge in [0.15, 0.2) is 0 Å². The first-order chi connectivity index (χ1) is 5.24. The number of rotatable bonds is 1. The van der Waals surface area contributed by atoms with Gasteiger partial charge in [0.25, 0.3) is 0 Å². The highest BCUT2D eigenvalue weighted by atomic mass is 35.5. The van der Waals surface area contributed by atoms with E-state index in [1.54, 1.807) is 19.2 Å². The quantitative estimate of drug-likeness (QED) is 0.600. The van der Waals surface area contributed by atoms with Crippen LogP contribution in [0.25, 0.3) is 0 Å². The molecule has 1 aromatic rings. The second kappa shape index (κ2) is 3.74. The van der Waals surface area contributed by atoms with E-state index in [2.05, 4.69) is 4.99 Å². The van der Waals surface area contributed by atoms with Crippen LogP contribution in [0.3, 0.4) is 0 Å². The summed E-state index contributed by atoms with van der Waals surface area (Å²) in [5.74, 6) is 0. The van der Waals surface area contributed by atoms with Crippen molar-refractivity contribution >= 4 is 28.4 Å². The fraction of sp³-hybridized carbons (Fsp3) is 0.125. The van der Waals surface area contributed by atoms with Crippen molar-refractivity contribution in [1.29, 1.82) is 0 Å². The maximum Gasteiger partial charge on any atom is 0.130 e. The highest BCUT2D eigenvalue weighted by Crippen LogP contribution is 2.11. The summed E-state index contributed by atoms with van der Waals surface area (Å²) in [7, 11) is 1.65. The van der Waals surface area contributed by atoms with Gasteiger partial charge in [-0.25, -0.2) is 0 Å². The van der Waals surface area contributed by atoms with Gasteiger partial charge < -0.3 is 0 Å². The predicted molar refractivity (Wildman–Crippen MR) is 49.8 cm³/mol. The Hall–Kier alpha value is -0.530. The molecule has 0 amide bonds. The van der Waals surface area contributed by atoms with Gasteiger partial charge in [0, 0.05) is 17.6 Å². The molecule has 0 heterocycles. The molecule has 0 saturated carbocycles. The van der Waals surface area contributed by atoms with Crippen LogP contribution in [0.15, 0.2) is 29.3 Å². The lowest BCUT2D eigenvalue weighted by molar-refractivity contribution is 1.45. The van der Waals surface area contributed by atoms with E-state index in [0.717, 1.165) is 5.56 Å². The van der Waals surface area contributed by atoms with Gasteiger partial charge in [-0.1, -0.05) is 35.3 Å². The average Bonchev–Trinajstić information content (AvgIpc) is 2.05. The lowest BCUT2D eigenvalue weighted by Gasteiger charge is -1.95. The molecule has 0 spiro atoms. The Labute approximate surface area is 75.7 Å². The Bertz CT molecular complexity index is 264. The van der Waals surface area contributed by atoms with Gasteiger partial charge in [-0.2, -0.15) is 0 Å². The third-order valence-electron chi connectivity index (χ3n) is 1.28. The Kier molecular flexibility index (Phi) is 2.92. The van der Waals surface area contributed by atoms with Gasteiger partial charge in [-0.3, -0.25) is 4.99 Å². The van der Waals surface area contributed by atoms with Gasteiger partial charge in [0.05, 0.1) is 0 Å². The average molecular weight is 188 g/mol. The van der Waals surface area contributed by atoms with E-state index in [9.17, 15) is 0 Å². The van der Waals surface area contributed by atoms with Gasteiger partial charge in [-0.15, -0.1) is 0 Å². The minimum Gasteiger partial charge on any atom is -0.276 e. The van der Waals surface area contributed by atoms with E-state index in [4.69, 9.17) is 23.2 Å². The first-order valence-corrected chi connectivity index (χ1v) is 3.88. The molecular formula is C8H7Cl2N. The lowest BCUT2D eigenvalue weighted by atomic mass is 10.2. The van der Waals surface area contributed by atoms with E-state index < -0.39 is 0 Å². The fourth-order valence-corrected chi connectivity index (χ4v) is 0.968. The van der Waals surface area contributed by atoms with Crippen LogP contribution in [-0.4, -0.2) is 12.2 Å². The lowest BCUT2D eigenvalue weighted by Crippen LogP contribution is -1.88. The molecule has 0 N–H and O–H groups in total. The number of aliphatic imine (C=N–C) groups is 1. The molecule has 1 aromatic carbocycles. The van der Waals surface area contributed by atoms with Gasteiger partial charge in [-0.05, 0) is 12.1 Å². The molecule has 0 atom stereocenters. The van der Waals surface area contributed by atoms with Crippen LogP contribution in [0.4, 0.5) is 0 Å². The normalized spacial score (nSPS) is 11.7. The molecule has 1 rings (SSSR count). The molecule has 11 heavy (non-hydrogen) atoms. The van der Waals surface area contributed by atoms with Crippen molar-refractivity contribution in [3.8, 4) is 0 Å². The molecule has 0 aromatic heterocycles. The Morgan fingerprint density at radius 3 is 2.27 bits per heavy atom. The summed E-state index contributed by atoms with van der Waals surface area (Å²) in [6, 6.07) is 7.23. The van der Waals surface area contributed by atoms with Crippen molar-refractivity contribution in [2.75, 3.05) is 7.05 Å². The molecule has 0 bridgehead atoms. The molecule has 0 aliphatic rings. The van der Waals surface area contributed by atoms with Crippen molar-refractivity contribution in [3.63, 3.8) is 0 Å². The second-order valence-electron chi connectivity index (χ2n) is 2.02. The van der Waals surface area contributed by atoms with Crippen LogP contribution in [0.5, 0.6) is 0 Å². The van der Waals surface area contributed by atoms with Crippen LogP contribution in [-0.2, 0) is 0 Å². The Balaban J connectivity index is 2.99. The first kappa shape index (κ1) is 8.57. The largest absolute Gasteiger partial charge is 0.276 e. The highest BCUT2D eigenvalue weighted by molar-refractivity contribution is 6.69. The third-order valence-corrected chi connectivity index (χ3v) is 1.92. The van der Waals surface area contributed by atoms with E-state index in [1.165, 1.54) is 0 Å². The van der Waals surface area contributed by atoms with Crippen LogP contribution < -0.4 is 0 Å². The van der Waals surface area contributed by atoms with Gasteiger partial charge in [0.2, 0.25) is 0 Å². The number of benzene rings is 1.